The summed E-state index contributed by atoms with van der Waals surface area (Å²) in [6.07, 6.45) is -0.893. The lowest BCUT2D eigenvalue weighted by Crippen LogP contribution is -2.08. The molecule has 0 aliphatic carbocycles. The van der Waals surface area contributed by atoms with Crippen LogP contribution in [-0.4, -0.2) is 19.9 Å². The van der Waals surface area contributed by atoms with E-state index in [4.69, 9.17) is 0 Å². The zero-order chi connectivity index (χ0) is 12.6. The molecule has 0 fully saturated rings. The number of rotatable bonds is 2. The van der Waals surface area contributed by atoms with Crippen molar-refractivity contribution in [3.63, 3.8) is 0 Å². The zero-order valence-corrected chi connectivity index (χ0v) is 9.98. The van der Waals surface area contributed by atoms with Gasteiger partial charge in [-0.05, 0) is 32.9 Å². The number of nitrogens with zero attached hydrogens (tertiary/aromatic N) is 3. The molecule has 0 spiro atoms. The maximum Gasteiger partial charge on any atom is 0.148 e. The van der Waals surface area contributed by atoms with Gasteiger partial charge in [-0.1, -0.05) is 6.07 Å². The van der Waals surface area contributed by atoms with Gasteiger partial charge in [0.2, 0.25) is 0 Å². The van der Waals surface area contributed by atoms with E-state index in [0.29, 0.717) is 17.3 Å². The third-order valence-electron chi connectivity index (χ3n) is 2.55. The van der Waals surface area contributed by atoms with E-state index in [9.17, 15) is 9.50 Å². The number of hydrogen-bond donors (Lipinski definition) is 1. The molecule has 0 saturated heterocycles. The van der Waals surface area contributed by atoms with Crippen LogP contribution in [0.3, 0.4) is 0 Å². The van der Waals surface area contributed by atoms with Gasteiger partial charge >= 0.3 is 0 Å². The molecular weight excluding hydrogens is 221 g/mol. The van der Waals surface area contributed by atoms with Gasteiger partial charge in [0.05, 0.1) is 11.8 Å². The van der Waals surface area contributed by atoms with Crippen LogP contribution in [-0.2, 0) is 0 Å². The Hall–Kier alpha value is -1.75. The molecular formula is C12H14FN3O. The number of hydrogen-bond acceptors (Lipinski definition) is 3. The van der Waals surface area contributed by atoms with Gasteiger partial charge in [-0.2, -0.15) is 5.10 Å². The van der Waals surface area contributed by atoms with E-state index in [1.807, 2.05) is 0 Å². The monoisotopic (exact) mass is 235 g/mol. The molecule has 1 heterocycles. The van der Waals surface area contributed by atoms with Crippen molar-refractivity contribution in [1.29, 1.82) is 0 Å². The number of halogens is 1. The molecule has 0 unspecified atom stereocenters. The highest BCUT2D eigenvalue weighted by Crippen LogP contribution is 2.24. The van der Waals surface area contributed by atoms with Crippen molar-refractivity contribution < 1.29 is 9.50 Å². The van der Waals surface area contributed by atoms with Crippen molar-refractivity contribution in [3.05, 3.63) is 41.2 Å². The molecule has 1 atom stereocenters. The molecule has 1 aromatic heterocycles. The van der Waals surface area contributed by atoms with Gasteiger partial charge in [-0.3, -0.25) is 0 Å². The standard InChI is InChI=1S/C12H14FN3O/c1-7(17)12-10(13)5-4-6-11(12)16-9(3)14-8(2)15-16/h4-7,17H,1-3H3/t7-/m0/s1. The van der Waals surface area contributed by atoms with Gasteiger partial charge in [-0.25, -0.2) is 14.1 Å². The fourth-order valence-electron chi connectivity index (χ4n) is 1.87. The van der Waals surface area contributed by atoms with Gasteiger partial charge in [0.25, 0.3) is 0 Å². The van der Waals surface area contributed by atoms with Gasteiger partial charge < -0.3 is 5.11 Å². The van der Waals surface area contributed by atoms with Crippen LogP contribution >= 0.6 is 0 Å². The van der Waals surface area contributed by atoms with Gasteiger partial charge in [0.15, 0.2) is 0 Å². The molecule has 0 aliphatic rings. The summed E-state index contributed by atoms with van der Waals surface area (Å²) >= 11 is 0. The van der Waals surface area contributed by atoms with E-state index in [2.05, 4.69) is 10.1 Å². The second-order valence-corrected chi connectivity index (χ2v) is 3.97. The molecule has 1 aromatic carbocycles. The van der Waals surface area contributed by atoms with Crippen molar-refractivity contribution in [3.8, 4) is 5.69 Å². The molecule has 0 bridgehead atoms. The van der Waals surface area contributed by atoms with Crippen molar-refractivity contribution >= 4 is 0 Å². The van der Waals surface area contributed by atoms with Gasteiger partial charge in [0.1, 0.15) is 17.5 Å². The maximum atomic E-state index is 13.7. The summed E-state index contributed by atoms with van der Waals surface area (Å²) in [4.78, 5) is 4.17. The van der Waals surface area contributed by atoms with E-state index in [1.54, 1.807) is 30.7 Å². The number of aliphatic hydroxyl groups is 1. The lowest BCUT2D eigenvalue weighted by Gasteiger charge is -2.13. The maximum absolute atomic E-state index is 13.7. The molecule has 0 saturated carbocycles. The first-order chi connectivity index (χ1) is 8.00. The summed E-state index contributed by atoms with van der Waals surface area (Å²) in [5, 5.41) is 13.8. The Bertz CT molecular complexity index is 549. The second kappa shape index (κ2) is 4.25. The SMILES string of the molecule is Cc1nc(C)n(-c2cccc(F)c2[C@H](C)O)n1. The number of benzene rings is 1. The molecule has 90 valence electrons. The molecule has 4 nitrogen and oxygen atoms in total. The van der Waals surface area contributed by atoms with Crippen LogP contribution in [0.5, 0.6) is 0 Å². The highest BCUT2D eigenvalue weighted by molar-refractivity contribution is 5.43. The van der Waals surface area contributed by atoms with E-state index < -0.39 is 11.9 Å². The molecule has 2 rings (SSSR count). The normalized spacial score (nSPS) is 12.8. The second-order valence-electron chi connectivity index (χ2n) is 3.97. The molecule has 17 heavy (non-hydrogen) atoms. The van der Waals surface area contributed by atoms with Crippen molar-refractivity contribution in [1.82, 2.24) is 14.8 Å². The highest BCUT2D eigenvalue weighted by Gasteiger charge is 2.17. The van der Waals surface area contributed by atoms with Crippen LogP contribution in [0.1, 0.15) is 30.2 Å². The molecule has 0 aliphatic heterocycles. The summed E-state index contributed by atoms with van der Waals surface area (Å²) in [6, 6.07) is 4.63. The lowest BCUT2D eigenvalue weighted by molar-refractivity contribution is 0.193. The predicted molar refractivity (Wildman–Crippen MR) is 61.4 cm³/mol. The molecule has 0 radical (unpaired) electrons. The summed E-state index contributed by atoms with van der Waals surface area (Å²) in [5.41, 5.74) is 0.763. The Morgan fingerprint density at radius 3 is 2.59 bits per heavy atom. The Kier molecular flexibility index (Phi) is 2.93. The summed E-state index contributed by atoms with van der Waals surface area (Å²) < 4.78 is 15.2. The Labute approximate surface area is 98.7 Å². The largest absolute Gasteiger partial charge is 0.389 e. The zero-order valence-electron chi connectivity index (χ0n) is 9.98. The van der Waals surface area contributed by atoms with Gasteiger partial charge in [-0.15, -0.1) is 0 Å². The number of aromatic nitrogens is 3. The Morgan fingerprint density at radius 1 is 1.35 bits per heavy atom. The Balaban J connectivity index is 2.67. The minimum atomic E-state index is -0.893. The van der Waals surface area contributed by atoms with Crippen LogP contribution in [0.2, 0.25) is 0 Å². The first-order valence-corrected chi connectivity index (χ1v) is 5.38. The van der Waals surface area contributed by atoms with Gasteiger partial charge in [0, 0.05) is 5.56 Å². The van der Waals surface area contributed by atoms with Crippen LogP contribution in [0.25, 0.3) is 5.69 Å². The van der Waals surface area contributed by atoms with Crippen LogP contribution < -0.4 is 0 Å². The summed E-state index contributed by atoms with van der Waals surface area (Å²) in [6.45, 7) is 5.09. The lowest BCUT2D eigenvalue weighted by atomic mass is 10.1. The quantitative estimate of drug-likeness (QED) is 0.867. The topological polar surface area (TPSA) is 50.9 Å². The first-order valence-electron chi connectivity index (χ1n) is 5.38. The van der Waals surface area contributed by atoms with Crippen molar-refractivity contribution in [2.45, 2.75) is 26.9 Å². The third kappa shape index (κ3) is 2.06. The fraction of sp³-hybridized carbons (Fsp3) is 0.333. The van der Waals surface area contributed by atoms with Crippen molar-refractivity contribution in [2.24, 2.45) is 0 Å². The molecule has 2 aromatic rings. The summed E-state index contributed by atoms with van der Waals surface area (Å²) in [7, 11) is 0. The fourth-order valence-corrected chi connectivity index (χ4v) is 1.87. The molecule has 5 heteroatoms. The predicted octanol–water partition coefficient (Wildman–Crippen LogP) is 2.08. The van der Waals surface area contributed by atoms with E-state index in [1.165, 1.54) is 13.0 Å². The average Bonchev–Trinajstić information content (AvgIpc) is 2.56. The molecule has 0 amide bonds. The Morgan fingerprint density at radius 2 is 2.06 bits per heavy atom. The van der Waals surface area contributed by atoms with Crippen LogP contribution in [0, 0.1) is 19.7 Å². The van der Waals surface area contributed by atoms with Crippen molar-refractivity contribution in [2.75, 3.05) is 0 Å². The minimum absolute atomic E-state index is 0.237. The first kappa shape index (κ1) is 11.7. The van der Waals surface area contributed by atoms with E-state index in [-0.39, 0.29) is 5.56 Å². The van der Waals surface area contributed by atoms with Crippen LogP contribution in [0.15, 0.2) is 18.2 Å². The van der Waals surface area contributed by atoms with E-state index in [0.717, 1.165) is 0 Å². The minimum Gasteiger partial charge on any atom is -0.389 e. The third-order valence-corrected chi connectivity index (χ3v) is 2.55. The van der Waals surface area contributed by atoms with Crippen LogP contribution in [0.4, 0.5) is 4.39 Å². The average molecular weight is 235 g/mol. The highest BCUT2D eigenvalue weighted by atomic mass is 19.1. The number of aliphatic hydroxyl groups excluding tert-OH is 1. The molecule has 1 N–H and O–H groups in total. The smallest absolute Gasteiger partial charge is 0.148 e. The summed E-state index contributed by atoms with van der Waals surface area (Å²) in [5.74, 6) is 0.836. The number of aryl methyl sites for hydroxylation is 2. The van der Waals surface area contributed by atoms with E-state index >= 15 is 0 Å².